The molecule has 120 valence electrons. The summed E-state index contributed by atoms with van der Waals surface area (Å²) in [7, 11) is 3.11. The summed E-state index contributed by atoms with van der Waals surface area (Å²) in [6.45, 7) is 0.585. The highest BCUT2D eigenvalue weighted by Gasteiger charge is 2.24. The predicted octanol–water partition coefficient (Wildman–Crippen LogP) is 2.96. The molecule has 0 radical (unpaired) electrons. The van der Waals surface area contributed by atoms with E-state index in [0.717, 1.165) is 17.7 Å². The van der Waals surface area contributed by atoms with Crippen molar-refractivity contribution >= 4 is 5.91 Å². The molecular formula is C18H19NO4. The number of amides is 1. The Labute approximate surface area is 135 Å². The molecular weight excluding hydrogens is 294 g/mol. The van der Waals surface area contributed by atoms with E-state index in [9.17, 15) is 4.79 Å². The monoisotopic (exact) mass is 313 g/mol. The zero-order valence-electron chi connectivity index (χ0n) is 13.2. The van der Waals surface area contributed by atoms with Gasteiger partial charge in [0.05, 0.1) is 32.4 Å². The van der Waals surface area contributed by atoms with Crippen LogP contribution in [0.4, 0.5) is 0 Å². The Bertz CT molecular complexity index is 714. The van der Waals surface area contributed by atoms with E-state index in [4.69, 9.17) is 14.2 Å². The average Bonchev–Trinajstić information content (AvgIpc) is 2.61. The van der Waals surface area contributed by atoms with Gasteiger partial charge in [-0.1, -0.05) is 18.2 Å². The van der Waals surface area contributed by atoms with Gasteiger partial charge in [0, 0.05) is 18.1 Å². The molecule has 1 unspecified atom stereocenters. The highest BCUT2D eigenvalue weighted by atomic mass is 16.5. The number of nitrogens with one attached hydrogen (secondary N) is 1. The van der Waals surface area contributed by atoms with Gasteiger partial charge in [-0.2, -0.15) is 0 Å². The van der Waals surface area contributed by atoms with Gasteiger partial charge in [-0.05, 0) is 18.2 Å². The molecule has 5 nitrogen and oxygen atoms in total. The number of benzene rings is 2. The molecule has 0 bridgehead atoms. The maximum atomic E-state index is 12.6. The molecule has 2 aromatic carbocycles. The van der Waals surface area contributed by atoms with Crippen LogP contribution in [-0.4, -0.2) is 26.7 Å². The Morgan fingerprint density at radius 3 is 2.78 bits per heavy atom. The molecule has 1 amide bonds. The average molecular weight is 313 g/mol. The summed E-state index contributed by atoms with van der Waals surface area (Å²) in [6, 6.07) is 12.8. The molecule has 2 aromatic rings. The maximum Gasteiger partial charge on any atom is 0.255 e. The van der Waals surface area contributed by atoms with E-state index in [2.05, 4.69) is 5.32 Å². The molecule has 0 fully saturated rings. The Balaban J connectivity index is 1.83. The first-order valence-electron chi connectivity index (χ1n) is 7.47. The molecule has 3 rings (SSSR count). The van der Waals surface area contributed by atoms with E-state index in [1.54, 1.807) is 25.3 Å². The minimum absolute atomic E-state index is 0.0701. The highest BCUT2D eigenvalue weighted by molar-refractivity contribution is 5.97. The van der Waals surface area contributed by atoms with Gasteiger partial charge in [0.25, 0.3) is 5.91 Å². The van der Waals surface area contributed by atoms with Crippen molar-refractivity contribution in [3.63, 3.8) is 0 Å². The summed E-state index contributed by atoms with van der Waals surface area (Å²) < 4.78 is 16.1. The van der Waals surface area contributed by atoms with Gasteiger partial charge in [-0.3, -0.25) is 4.79 Å². The van der Waals surface area contributed by atoms with E-state index >= 15 is 0 Å². The fourth-order valence-electron chi connectivity index (χ4n) is 2.71. The molecule has 0 spiro atoms. The largest absolute Gasteiger partial charge is 0.497 e. The van der Waals surface area contributed by atoms with E-state index in [-0.39, 0.29) is 11.9 Å². The lowest BCUT2D eigenvalue weighted by molar-refractivity contribution is 0.0921. The zero-order chi connectivity index (χ0) is 16.2. The molecule has 5 heteroatoms. The van der Waals surface area contributed by atoms with Gasteiger partial charge in [0.2, 0.25) is 0 Å². The van der Waals surface area contributed by atoms with Gasteiger partial charge in [0.1, 0.15) is 17.2 Å². The molecule has 0 aromatic heterocycles. The molecule has 0 aliphatic carbocycles. The minimum atomic E-state index is -0.175. The minimum Gasteiger partial charge on any atom is -0.497 e. The van der Waals surface area contributed by atoms with Crippen LogP contribution in [0.15, 0.2) is 42.5 Å². The molecule has 1 atom stereocenters. The highest BCUT2D eigenvalue weighted by Crippen LogP contribution is 2.32. The van der Waals surface area contributed by atoms with Crippen LogP contribution >= 0.6 is 0 Å². The Hall–Kier alpha value is -2.69. The lowest BCUT2D eigenvalue weighted by Gasteiger charge is -2.26. The van der Waals surface area contributed by atoms with Crippen LogP contribution in [0.3, 0.4) is 0 Å². The van der Waals surface area contributed by atoms with Crippen LogP contribution < -0.4 is 19.5 Å². The third-order valence-electron chi connectivity index (χ3n) is 3.92. The third kappa shape index (κ3) is 3.08. The molecule has 1 aliphatic rings. The van der Waals surface area contributed by atoms with Crippen molar-refractivity contribution < 1.29 is 19.0 Å². The van der Waals surface area contributed by atoms with Gasteiger partial charge in [-0.25, -0.2) is 0 Å². The van der Waals surface area contributed by atoms with Crippen LogP contribution in [0.5, 0.6) is 17.2 Å². The number of hydrogen-bond acceptors (Lipinski definition) is 4. The summed E-state index contributed by atoms with van der Waals surface area (Å²) in [5.74, 6) is 1.79. The van der Waals surface area contributed by atoms with E-state index in [1.807, 2.05) is 24.3 Å². The number of rotatable bonds is 4. The van der Waals surface area contributed by atoms with Crippen molar-refractivity contribution in [3.8, 4) is 17.2 Å². The predicted molar refractivity (Wildman–Crippen MR) is 86.3 cm³/mol. The van der Waals surface area contributed by atoms with Crippen LogP contribution in [0.2, 0.25) is 0 Å². The van der Waals surface area contributed by atoms with Crippen molar-refractivity contribution in [2.45, 2.75) is 12.5 Å². The Morgan fingerprint density at radius 2 is 2.00 bits per heavy atom. The fourth-order valence-corrected chi connectivity index (χ4v) is 2.71. The number of hydrogen-bond donors (Lipinski definition) is 1. The second kappa shape index (κ2) is 6.60. The summed E-state index contributed by atoms with van der Waals surface area (Å²) in [5, 5.41) is 3.06. The second-order valence-electron chi connectivity index (χ2n) is 5.27. The lowest BCUT2D eigenvalue weighted by Crippen LogP contribution is -2.32. The smallest absolute Gasteiger partial charge is 0.255 e. The number of methoxy groups -OCH3 is 2. The summed E-state index contributed by atoms with van der Waals surface area (Å²) in [6.07, 6.45) is 0.737. The molecule has 1 heterocycles. The SMILES string of the molecule is COc1ccc(C(=O)NC2CCOc3ccccc32)c(OC)c1. The molecule has 1 N–H and O–H groups in total. The standard InChI is InChI=1S/C18H19NO4/c1-21-12-7-8-14(17(11-12)22-2)18(20)19-15-9-10-23-16-6-4-3-5-13(15)16/h3-8,11,15H,9-10H2,1-2H3,(H,19,20). The Kier molecular flexibility index (Phi) is 4.37. The van der Waals surface area contributed by atoms with E-state index in [0.29, 0.717) is 23.7 Å². The molecule has 23 heavy (non-hydrogen) atoms. The Morgan fingerprint density at radius 1 is 1.17 bits per heavy atom. The number of fused-ring (bicyclic) bond motifs is 1. The van der Waals surface area contributed by atoms with Crippen molar-refractivity contribution in [1.82, 2.24) is 5.32 Å². The first kappa shape index (κ1) is 15.2. The number of para-hydroxylation sites is 1. The second-order valence-corrected chi connectivity index (χ2v) is 5.27. The normalized spacial score (nSPS) is 16.0. The summed E-state index contributed by atoms with van der Waals surface area (Å²) >= 11 is 0. The number of carbonyl (C=O) groups is 1. The number of ether oxygens (including phenoxy) is 3. The van der Waals surface area contributed by atoms with Crippen molar-refractivity contribution in [3.05, 3.63) is 53.6 Å². The van der Waals surface area contributed by atoms with Crippen molar-refractivity contribution in [1.29, 1.82) is 0 Å². The molecule has 1 aliphatic heterocycles. The van der Waals surface area contributed by atoms with Crippen molar-refractivity contribution in [2.75, 3.05) is 20.8 Å². The van der Waals surface area contributed by atoms with Crippen molar-refractivity contribution in [2.24, 2.45) is 0 Å². The van der Waals surface area contributed by atoms with E-state index in [1.165, 1.54) is 7.11 Å². The van der Waals surface area contributed by atoms with Crippen LogP contribution in [-0.2, 0) is 0 Å². The quantitative estimate of drug-likeness (QED) is 0.943. The van der Waals surface area contributed by atoms with Crippen LogP contribution in [0.25, 0.3) is 0 Å². The first-order chi connectivity index (χ1) is 11.2. The summed E-state index contributed by atoms with van der Waals surface area (Å²) in [4.78, 5) is 12.6. The lowest BCUT2D eigenvalue weighted by atomic mass is 10.00. The first-order valence-corrected chi connectivity index (χ1v) is 7.47. The maximum absolute atomic E-state index is 12.6. The van der Waals surface area contributed by atoms with Crippen LogP contribution in [0, 0.1) is 0 Å². The zero-order valence-corrected chi connectivity index (χ0v) is 13.2. The van der Waals surface area contributed by atoms with Gasteiger partial charge < -0.3 is 19.5 Å². The summed E-state index contributed by atoms with van der Waals surface area (Å²) in [5.41, 5.74) is 1.48. The van der Waals surface area contributed by atoms with Gasteiger partial charge in [-0.15, -0.1) is 0 Å². The van der Waals surface area contributed by atoms with Gasteiger partial charge >= 0.3 is 0 Å². The third-order valence-corrected chi connectivity index (χ3v) is 3.92. The van der Waals surface area contributed by atoms with E-state index < -0.39 is 0 Å². The topological polar surface area (TPSA) is 56.8 Å². The molecule has 0 saturated heterocycles. The fraction of sp³-hybridized carbons (Fsp3) is 0.278. The van der Waals surface area contributed by atoms with Gasteiger partial charge in [0.15, 0.2) is 0 Å². The van der Waals surface area contributed by atoms with Crippen LogP contribution in [0.1, 0.15) is 28.4 Å². The molecule has 0 saturated carbocycles. The number of carbonyl (C=O) groups excluding carboxylic acids is 1.